The van der Waals surface area contributed by atoms with Gasteiger partial charge in [-0.1, -0.05) is 48.0 Å². The lowest BCUT2D eigenvalue weighted by Crippen LogP contribution is -2.40. The van der Waals surface area contributed by atoms with E-state index in [-0.39, 0.29) is 10.7 Å². The monoisotopic (exact) mass is 333 g/mol. The van der Waals surface area contributed by atoms with Gasteiger partial charge >= 0.3 is 0 Å². The summed E-state index contributed by atoms with van der Waals surface area (Å²) in [7, 11) is 2.04. The maximum absolute atomic E-state index is 11.3. The number of rotatable bonds is 8. The molecule has 1 rings (SSSR count). The largest absolute Gasteiger partial charge is 0.377 e. The van der Waals surface area contributed by atoms with Gasteiger partial charge < -0.3 is 4.74 Å². The van der Waals surface area contributed by atoms with E-state index in [4.69, 9.17) is 4.74 Å². The van der Waals surface area contributed by atoms with Gasteiger partial charge in [0, 0.05) is 6.61 Å². The van der Waals surface area contributed by atoms with E-state index in [2.05, 4.69) is 28.9 Å². The zero-order chi connectivity index (χ0) is 17.1. The van der Waals surface area contributed by atoms with Crippen molar-refractivity contribution in [2.45, 2.75) is 38.8 Å². The molecule has 0 N–H and O–H groups in total. The normalized spacial score (nSPS) is 11.2. The first-order valence-electron chi connectivity index (χ1n) is 7.90. The number of hydrogen-bond donors (Lipinski definition) is 0. The second-order valence-corrected chi connectivity index (χ2v) is 6.75. The molecule has 0 fully saturated rings. The molecule has 23 heavy (non-hydrogen) atoms. The molecule has 0 aliphatic rings. The molecule has 0 aliphatic carbocycles. The lowest BCUT2D eigenvalue weighted by molar-refractivity contribution is -0.106. The van der Waals surface area contributed by atoms with Crippen molar-refractivity contribution in [1.82, 2.24) is 4.90 Å². The first-order valence-corrected chi connectivity index (χ1v) is 9.12. The number of benzene rings is 1. The summed E-state index contributed by atoms with van der Waals surface area (Å²) in [4.78, 5) is 13.5. The number of carbonyl (C=O) groups excluding carboxylic acids is 1. The molecule has 126 valence electrons. The average molecular weight is 333 g/mol. The maximum Gasteiger partial charge on any atom is 0.262 e. The second-order valence-electron chi connectivity index (χ2n) is 5.97. The Hall–Kier alpha value is -1.28. The maximum atomic E-state index is 11.3. The van der Waals surface area contributed by atoms with Crippen LogP contribution in [-0.2, 0) is 16.1 Å². The van der Waals surface area contributed by atoms with E-state index in [9.17, 15) is 4.79 Å². The van der Waals surface area contributed by atoms with Gasteiger partial charge in [0.05, 0.1) is 12.1 Å². The smallest absolute Gasteiger partial charge is 0.262 e. The fourth-order valence-corrected chi connectivity index (χ4v) is 2.10. The molecule has 0 atom stereocenters. The molecule has 0 saturated carbocycles. The van der Waals surface area contributed by atoms with Crippen LogP contribution in [0, 0.1) is 11.8 Å². The van der Waals surface area contributed by atoms with Gasteiger partial charge in [-0.15, -0.1) is 0 Å². The molecule has 0 amide bonds. The van der Waals surface area contributed by atoms with Gasteiger partial charge in [0.15, 0.2) is 0 Å². The molecule has 0 aromatic heterocycles. The van der Waals surface area contributed by atoms with E-state index in [1.807, 2.05) is 39.1 Å². The van der Waals surface area contributed by atoms with Crippen LogP contribution in [0.2, 0.25) is 0 Å². The summed E-state index contributed by atoms with van der Waals surface area (Å²) >= 11 is 1.15. The first-order chi connectivity index (χ1) is 11.0. The van der Waals surface area contributed by atoms with Crippen LogP contribution in [0.4, 0.5) is 0 Å². The van der Waals surface area contributed by atoms with E-state index >= 15 is 0 Å². The summed E-state index contributed by atoms with van der Waals surface area (Å²) in [6.07, 6.45) is 3.82. The van der Waals surface area contributed by atoms with Crippen LogP contribution in [0.15, 0.2) is 30.3 Å². The van der Waals surface area contributed by atoms with Gasteiger partial charge in [-0.3, -0.25) is 9.69 Å². The van der Waals surface area contributed by atoms with Crippen LogP contribution < -0.4 is 0 Å². The minimum absolute atomic E-state index is 0.0826. The van der Waals surface area contributed by atoms with Gasteiger partial charge in [0.2, 0.25) is 0 Å². The summed E-state index contributed by atoms with van der Waals surface area (Å²) in [6.45, 7) is 6.45. The lowest BCUT2D eigenvalue weighted by Gasteiger charge is -2.30. The third-order valence-electron chi connectivity index (χ3n) is 3.75. The highest BCUT2D eigenvalue weighted by atomic mass is 32.2. The van der Waals surface area contributed by atoms with Crippen LogP contribution in [0.5, 0.6) is 0 Å². The Morgan fingerprint density at radius 2 is 1.96 bits per heavy atom. The fourth-order valence-electron chi connectivity index (χ4n) is 1.95. The minimum atomic E-state index is -0.295. The van der Waals surface area contributed by atoms with E-state index in [0.29, 0.717) is 6.61 Å². The molecule has 0 heterocycles. The quantitative estimate of drug-likeness (QED) is 0.537. The molecule has 1 aromatic carbocycles. The molecule has 0 radical (unpaired) electrons. The van der Waals surface area contributed by atoms with Crippen molar-refractivity contribution in [2.75, 3.05) is 26.5 Å². The Morgan fingerprint density at radius 3 is 2.61 bits per heavy atom. The van der Waals surface area contributed by atoms with Crippen molar-refractivity contribution in [1.29, 1.82) is 0 Å². The molecule has 0 spiro atoms. The fraction of sp³-hybridized carbons (Fsp3) is 0.526. The van der Waals surface area contributed by atoms with Crippen molar-refractivity contribution in [2.24, 2.45) is 0 Å². The molecule has 0 saturated heterocycles. The van der Waals surface area contributed by atoms with Gasteiger partial charge in [-0.2, -0.15) is 0 Å². The van der Waals surface area contributed by atoms with E-state index in [0.717, 1.165) is 37.8 Å². The van der Waals surface area contributed by atoms with Crippen molar-refractivity contribution in [3.8, 4) is 11.8 Å². The summed E-state index contributed by atoms with van der Waals surface area (Å²) in [6, 6.07) is 10.2. The molecule has 0 bridgehead atoms. The Kier molecular flexibility index (Phi) is 9.01. The Morgan fingerprint density at radius 1 is 1.26 bits per heavy atom. The molecule has 4 heteroatoms. The number of hydrogen-bond acceptors (Lipinski definition) is 4. The van der Waals surface area contributed by atoms with Crippen molar-refractivity contribution in [3.63, 3.8) is 0 Å². The SMILES string of the molecule is CSC(=O)C#CC(C)(C)N(C)CCCCOCc1ccccc1. The standard InChI is InChI=1S/C19H27NO2S/c1-19(2,13-12-18(21)23-4)20(3)14-8-9-15-22-16-17-10-6-5-7-11-17/h5-7,10-11H,8-9,14-16H2,1-4H3. The number of nitrogens with zero attached hydrogens (tertiary/aromatic N) is 1. The van der Waals surface area contributed by atoms with Gasteiger partial charge in [0.25, 0.3) is 5.12 Å². The topological polar surface area (TPSA) is 29.5 Å². The second kappa shape index (κ2) is 10.5. The first kappa shape index (κ1) is 19.8. The summed E-state index contributed by atoms with van der Waals surface area (Å²) in [5.41, 5.74) is 0.913. The highest BCUT2D eigenvalue weighted by Gasteiger charge is 2.20. The summed E-state index contributed by atoms with van der Waals surface area (Å²) in [5, 5.41) is -0.0826. The average Bonchev–Trinajstić information content (AvgIpc) is 2.56. The van der Waals surface area contributed by atoms with E-state index in [1.165, 1.54) is 5.56 Å². The highest BCUT2D eigenvalue weighted by Crippen LogP contribution is 2.12. The zero-order valence-electron chi connectivity index (χ0n) is 14.6. The summed E-state index contributed by atoms with van der Waals surface area (Å²) < 4.78 is 5.69. The van der Waals surface area contributed by atoms with Crippen molar-refractivity contribution >= 4 is 16.9 Å². The Labute approximate surface area is 144 Å². The van der Waals surface area contributed by atoms with Gasteiger partial charge in [-0.25, -0.2) is 0 Å². The molecule has 1 aromatic rings. The number of thioether (sulfide) groups is 1. The van der Waals surface area contributed by atoms with Crippen molar-refractivity contribution < 1.29 is 9.53 Å². The molecule has 0 unspecified atom stereocenters. The van der Waals surface area contributed by atoms with E-state index in [1.54, 1.807) is 6.26 Å². The predicted molar refractivity (Wildman–Crippen MR) is 98.3 cm³/mol. The molecule has 0 aliphatic heterocycles. The van der Waals surface area contributed by atoms with Crippen LogP contribution in [0.3, 0.4) is 0 Å². The lowest BCUT2D eigenvalue weighted by atomic mass is 10.0. The third-order valence-corrected chi connectivity index (χ3v) is 4.23. The van der Waals surface area contributed by atoms with Crippen LogP contribution in [-0.4, -0.2) is 42.0 Å². The third kappa shape index (κ3) is 8.22. The number of carbonyl (C=O) groups is 1. The van der Waals surface area contributed by atoms with Crippen LogP contribution in [0.1, 0.15) is 32.3 Å². The minimum Gasteiger partial charge on any atom is -0.377 e. The van der Waals surface area contributed by atoms with E-state index < -0.39 is 0 Å². The van der Waals surface area contributed by atoms with Crippen LogP contribution in [0.25, 0.3) is 0 Å². The Balaban J connectivity index is 2.21. The summed E-state index contributed by atoms with van der Waals surface area (Å²) in [5.74, 6) is 5.75. The predicted octanol–water partition coefficient (Wildman–Crippen LogP) is 3.59. The molecule has 3 nitrogen and oxygen atoms in total. The highest BCUT2D eigenvalue weighted by molar-refractivity contribution is 8.13. The van der Waals surface area contributed by atoms with Gasteiger partial charge in [0.1, 0.15) is 0 Å². The molecular weight excluding hydrogens is 306 g/mol. The zero-order valence-corrected chi connectivity index (χ0v) is 15.4. The number of ether oxygens (including phenoxy) is 1. The Bertz CT molecular complexity index is 531. The van der Waals surface area contributed by atoms with Gasteiger partial charge in [-0.05, 0) is 58.0 Å². The molecular formula is C19H27NO2S. The van der Waals surface area contributed by atoms with Crippen molar-refractivity contribution in [3.05, 3.63) is 35.9 Å². The number of unbranched alkanes of at least 4 members (excludes halogenated alkanes) is 1. The van der Waals surface area contributed by atoms with Crippen LogP contribution >= 0.6 is 11.8 Å².